The van der Waals surface area contributed by atoms with E-state index in [2.05, 4.69) is 10.3 Å². The maximum Gasteiger partial charge on any atom is 0.332 e. The van der Waals surface area contributed by atoms with Gasteiger partial charge in [-0.25, -0.2) is 4.99 Å². The minimum absolute atomic E-state index is 0.216. The molecule has 0 aliphatic heterocycles. The minimum Gasteiger partial charge on any atom is -0.428 e. The Morgan fingerprint density at radius 2 is 2.42 bits per heavy atom. The van der Waals surface area contributed by atoms with Crippen molar-refractivity contribution in [3.63, 3.8) is 0 Å². The summed E-state index contributed by atoms with van der Waals surface area (Å²) in [4.78, 5) is 3.92. The molecule has 0 saturated heterocycles. The van der Waals surface area contributed by atoms with E-state index in [0.29, 0.717) is 12.4 Å². The zero-order chi connectivity index (χ0) is 8.97. The highest BCUT2D eigenvalue weighted by molar-refractivity contribution is 5.29. The summed E-state index contributed by atoms with van der Waals surface area (Å²) >= 11 is 0. The predicted molar refractivity (Wildman–Crippen MR) is 44.2 cm³/mol. The molecule has 0 spiro atoms. The molecule has 1 heterocycles. The van der Waals surface area contributed by atoms with Gasteiger partial charge in [0.05, 0.1) is 0 Å². The van der Waals surface area contributed by atoms with E-state index in [0.717, 1.165) is 11.3 Å². The molecule has 0 bridgehead atoms. The molecule has 0 aliphatic carbocycles. The van der Waals surface area contributed by atoms with Crippen LogP contribution in [0.4, 0.5) is 5.82 Å². The second kappa shape index (κ2) is 3.85. The fourth-order valence-electron chi connectivity index (χ4n) is 0.849. The first-order valence-electron chi connectivity index (χ1n) is 3.93. The Balaban J connectivity index is 2.96. The average molecular weight is 171 g/mol. The molecule has 0 aliphatic rings. The third-order valence-electron chi connectivity index (χ3n) is 1.34. The van der Waals surface area contributed by atoms with Gasteiger partial charge in [0.2, 0.25) is 0 Å². The number of hydrogen-bond donors (Lipinski definition) is 2. The largest absolute Gasteiger partial charge is 0.428 e. The van der Waals surface area contributed by atoms with E-state index in [1.165, 1.54) is 6.26 Å². The molecule has 1 rings (SSSR count). The zero-order valence-corrected chi connectivity index (χ0v) is 7.24. The monoisotopic (exact) mass is 171 g/mol. The van der Waals surface area contributed by atoms with Crippen LogP contribution in [0.3, 0.4) is 0 Å². The van der Waals surface area contributed by atoms with Crippen molar-refractivity contribution in [1.82, 2.24) is 4.73 Å². The van der Waals surface area contributed by atoms with E-state index >= 15 is 0 Å². The standard InChI is InChI=1S/C7H13N3O2/c1-3-8-6-5-12-7(9-4-2)10(6)11/h5,8,11H,3-4H2,1-2H3. The van der Waals surface area contributed by atoms with Crippen molar-refractivity contribution in [2.75, 3.05) is 18.4 Å². The highest BCUT2D eigenvalue weighted by Gasteiger charge is 2.01. The Hall–Kier alpha value is -1.39. The van der Waals surface area contributed by atoms with Crippen molar-refractivity contribution >= 4 is 5.82 Å². The summed E-state index contributed by atoms with van der Waals surface area (Å²) in [5.41, 5.74) is 0.216. The molecule has 5 nitrogen and oxygen atoms in total. The van der Waals surface area contributed by atoms with Gasteiger partial charge in [0.25, 0.3) is 0 Å². The van der Waals surface area contributed by atoms with Gasteiger partial charge in [0.15, 0.2) is 5.82 Å². The Morgan fingerprint density at radius 3 is 3.00 bits per heavy atom. The first kappa shape index (κ1) is 8.70. The lowest BCUT2D eigenvalue weighted by molar-refractivity contribution is 0.161. The highest BCUT2D eigenvalue weighted by atomic mass is 16.5. The molecule has 0 radical (unpaired) electrons. The molecule has 12 heavy (non-hydrogen) atoms. The van der Waals surface area contributed by atoms with E-state index in [-0.39, 0.29) is 5.68 Å². The van der Waals surface area contributed by atoms with Crippen LogP contribution in [-0.2, 0) is 0 Å². The van der Waals surface area contributed by atoms with E-state index < -0.39 is 0 Å². The number of rotatable bonds is 3. The van der Waals surface area contributed by atoms with Crippen molar-refractivity contribution in [2.45, 2.75) is 13.8 Å². The van der Waals surface area contributed by atoms with Crippen LogP contribution in [0, 0.1) is 0 Å². The van der Waals surface area contributed by atoms with E-state index in [9.17, 15) is 5.21 Å². The number of oxazole rings is 1. The van der Waals surface area contributed by atoms with Crippen molar-refractivity contribution in [2.24, 2.45) is 4.99 Å². The zero-order valence-electron chi connectivity index (χ0n) is 7.24. The van der Waals surface area contributed by atoms with Gasteiger partial charge in [-0.15, -0.1) is 4.73 Å². The van der Waals surface area contributed by atoms with Crippen molar-refractivity contribution < 1.29 is 9.62 Å². The Bertz CT molecular complexity index is 300. The van der Waals surface area contributed by atoms with E-state index in [4.69, 9.17) is 4.42 Å². The normalized spacial score (nSPS) is 12.0. The van der Waals surface area contributed by atoms with Gasteiger partial charge in [-0.1, -0.05) is 0 Å². The molecular formula is C7H13N3O2. The molecule has 1 aromatic rings. The molecule has 2 N–H and O–H groups in total. The molecular weight excluding hydrogens is 158 g/mol. The molecule has 0 aromatic carbocycles. The fourth-order valence-corrected chi connectivity index (χ4v) is 0.849. The Kier molecular flexibility index (Phi) is 2.79. The number of aromatic nitrogens is 1. The molecule has 0 atom stereocenters. The second-order valence-corrected chi connectivity index (χ2v) is 2.22. The van der Waals surface area contributed by atoms with Crippen LogP contribution < -0.4 is 11.0 Å². The van der Waals surface area contributed by atoms with Crippen LogP contribution in [-0.4, -0.2) is 23.0 Å². The first-order chi connectivity index (χ1) is 5.79. The summed E-state index contributed by atoms with van der Waals surface area (Å²) in [6.07, 6.45) is 1.43. The summed E-state index contributed by atoms with van der Waals surface area (Å²) in [7, 11) is 0. The van der Waals surface area contributed by atoms with Gasteiger partial charge in [-0.3, -0.25) is 0 Å². The maximum atomic E-state index is 9.36. The van der Waals surface area contributed by atoms with Gasteiger partial charge in [-0.2, -0.15) is 0 Å². The number of hydrogen-bond acceptors (Lipinski definition) is 4. The summed E-state index contributed by atoms with van der Waals surface area (Å²) < 4.78 is 5.87. The average Bonchev–Trinajstić information content (AvgIpc) is 2.38. The fraction of sp³-hybridized carbons (Fsp3) is 0.571. The van der Waals surface area contributed by atoms with Gasteiger partial charge in [0.1, 0.15) is 6.26 Å². The summed E-state index contributed by atoms with van der Waals surface area (Å²) in [6.45, 7) is 5.12. The summed E-state index contributed by atoms with van der Waals surface area (Å²) in [5, 5.41) is 12.3. The lowest BCUT2D eigenvalue weighted by Gasteiger charge is -1.98. The SMILES string of the molecule is CCN=c1occ(NCC)n1O. The smallest absolute Gasteiger partial charge is 0.332 e. The Morgan fingerprint density at radius 1 is 1.67 bits per heavy atom. The van der Waals surface area contributed by atoms with Crippen LogP contribution in [0.15, 0.2) is 15.7 Å². The molecule has 0 amide bonds. The molecule has 5 heteroatoms. The van der Waals surface area contributed by atoms with Gasteiger partial charge in [0, 0.05) is 13.1 Å². The number of anilines is 1. The molecule has 1 aromatic heterocycles. The third-order valence-corrected chi connectivity index (χ3v) is 1.34. The van der Waals surface area contributed by atoms with Crippen LogP contribution in [0.2, 0.25) is 0 Å². The van der Waals surface area contributed by atoms with Crippen LogP contribution in [0.5, 0.6) is 0 Å². The van der Waals surface area contributed by atoms with Crippen molar-refractivity contribution in [3.05, 3.63) is 11.9 Å². The van der Waals surface area contributed by atoms with Crippen LogP contribution in [0.1, 0.15) is 13.8 Å². The van der Waals surface area contributed by atoms with Gasteiger partial charge >= 0.3 is 5.68 Å². The third kappa shape index (κ3) is 1.61. The molecule has 0 saturated carbocycles. The number of nitrogens with zero attached hydrogens (tertiary/aromatic N) is 2. The van der Waals surface area contributed by atoms with E-state index in [1.54, 1.807) is 0 Å². The van der Waals surface area contributed by atoms with Gasteiger partial charge < -0.3 is 14.9 Å². The summed E-state index contributed by atoms with van der Waals surface area (Å²) in [5.74, 6) is 0.518. The maximum absolute atomic E-state index is 9.36. The van der Waals surface area contributed by atoms with Crippen molar-refractivity contribution in [3.8, 4) is 0 Å². The molecule has 0 unspecified atom stereocenters. The van der Waals surface area contributed by atoms with Crippen LogP contribution in [0.25, 0.3) is 0 Å². The minimum atomic E-state index is 0.216. The Labute approximate surface area is 70.3 Å². The highest BCUT2D eigenvalue weighted by Crippen LogP contribution is 2.00. The second-order valence-electron chi connectivity index (χ2n) is 2.22. The van der Waals surface area contributed by atoms with Crippen LogP contribution >= 0.6 is 0 Å². The molecule has 68 valence electrons. The quantitative estimate of drug-likeness (QED) is 0.657. The predicted octanol–water partition coefficient (Wildman–Crippen LogP) is 0.671. The molecule has 0 fully saturated rings. The lowest BCUT2D eigenvalue weighted by Crippen LogP contribution is -2.16. The number of nitrogens with one attached hydrogen (secondary N) is 1. The summed E-state index contributed by atoms with van der Waals surface area (Å²) in [6, 6.07) is 0. The van der Waals surface area contributed by atoms with Crippen molar-refractivity contribution in [1.29, 1.82) is 0 Å². The lowest BCUT2D eigenvalue weighted by atomic mass is 10.7. The van der Waals surface area contributed by atoms with Gasteiger partial charge in [-0.05, 0) is 13.8 Å². The van der Waals surface area contributed by atoms with E-state index in [1.807, 2.05) is 13.8 Å². The topological polar surface area (TPSA) is 62.7 Å². The first-order valence-corrected chi connectivity index (χ1v) is 3.93.